The van der Waals surface area contributed by atoms with E-state index in [-0.39, 0.29) is 36.0 Å². The van der Waals surface area contributed by atoms with Crippen molar-refractivity contribution in [3.05, 3.63) is 58.6 Å². The van der Waals surface area contributed by atoms with Gasteiger partial charge in [-0.3, -0.25) is 24.2 Å². The number of ketones is 1. The molecule has 2 N–H and O–H groups in total. The van der Waals surface area contributed by atoms with Gasteiger partial charge in [0.2, 0.25) is 17.6 Å². The van der Waals surface area contributed by atoms with Crippen LogP contribution in [0.25, 0.3) is 0 Å². The van der Waals surface area contributed by atoms with Gasteiger partial charge in [0.1, 0.15) is 5.82 Å². The summed E-state index contributed by atoms with van der Waals surface area (Å²) in [6.45, 7) is 1.18. The zero-order valence-electron chi connectivity index (χ0n) is 25.3. The molecule has 254 valence electrons. The molecule has 2 aromatic rings. The first-order valence-electron chi connectivity index (χ1n) is 15.2. The second-order valence-corrected chi connectivity index (χ2v) is 14.9. The molecule has 1 aliphatic heterocycles. The van der Waals surface area contributed by atoms with E-state index in [4.69, 9.17) is 11.6 Å². The lowest BCUT2D eigenvalue weighted by Gasteiger charge is -2.29. The van der Waals surface area contributed by atoms with Gasteiger partial charge < -0.3 is 15.5 Å². The third kappa shape index (κ3) is 7.30. The molecular weight excluding hydrogens is 668 g/mol. The maximum Gasteiger partial charge on any atom is 0.417 e. The van der Waals surface area contributed by atoms with Crippen molar-refractivity contribution in [1.29, 1.82) is 0 Å². The number of carbonyl (C=O) groups excluding carboxylic acids is 4. The number of halogens is 5. The molecule has 1 saturated heterocycles. The molecule has 0 radical (unpaired) electrons. The summed E-state index contributed by atoms with van der Waals surface area (Å²) in [7, 11) is -4.71. The molecule has 3 aliphatic rings. The third-order valence-corrected chi connectivity index (χ3v) is 11.2. The first-order valence-corrected chi connectivity index (χ1v) is 17.2. The molecule has 2 saturated carbocycles. The number of sulfone groups is 1. The average molecular weight is 701 g/mol. The smallest absolute Gasteiger partial charge is 0.347 e. The van der Waals surface area contributed by atoms with Gasteiger partial charge in [-0.25, -0.2) is 12.8 Å². The summed E-state index contributed by atoms with van der Waals surface area (Å²) in [5.41, 5.74) is -3.05. The van der Waals surface area contributed by atoms with E-state index in [9.17, 15) is 45.2 Å². The zero-order valence-corrected chi connectivity index (χ0v) is 26.9. The molecule has 0 spiro atoms. The van der Waals surface area contributed by atoms with E-state index in [1.807, 2.05) is 0 Å². The maximum absolute atomic E-state index is 15.0. The summed E-state index contributed by atoms with van der Waals surface area (Å²) in [5.74, 6) is -4.04. The molecule has 47 heavy (non-hydrogen) atoms. The molecule has 3 fully saturated rings. The van der Waals surface area contributed by atoms with Crippen molar-refractivity contribution in [1.82, 2.24) is 20.5 Å². The van der Waals surface area contributed by atoms with Gasteiger partial charge in [-0.05, 0) is 56.7 Å². The van der Waals surface area contributed by atoms with E-state index in [1.165, 1.54) is 0 Å². The molecule has 2 aliphatic carbocycles. The summed E-state index contributed by atoms with van der Waals surface area (Å²) in [6, 6.07) is 2.26. The molecule has 10 nitrogen and oxygen atoms in total. The molecular formula is C31H33ClF4N4O6S. The summed E-state index contributed by atoms with van der Waals surface area (Å²) in [4.78, 5) is 56.8. The SMILES string of the molecule is CCC[C@H](NC(=O)C[C@@H]1C[C@@H](S(=O)(=O)c2ccccc2C(F)(F)F)CN1C(=O)C1(c2ncc(Cl)cc2F)CC1)C(=O)C(=O)NC1CC1. The van der Waals surface area contributed by atoms with E-state index in [2.05, 4.69) is 15.6 Å². The highest BCUT2D eigenvalue weighted by atomic mass is 35.5. The van der Waals surface area contributed by atoms with Crippen LogP contribution >= 0.6 is 11.6 Å². The number of amides is 3. The highest BCUT2D eigenvalue weighted by Crippen LogP contribution is 2.51. The van der Waals surface area contributed by atoms with Gasteiger partial charge in [-0.2, -0.15) is 13.2 Å². The Kier molecular flexibility index (Phi) is 9.71. The number of likely N-dealkylation sites (tertiary alicyclic amines) is 1. The lowest BCUT2D eigenvalue weighted by Crippen LogP contribution is -2.50. The number of aromatic nitrogens is 1. The van der Waals surface area contributed by atoms with E-state index >= 15 is 0 Å². The van der Waals surface area contributed by atoms with Gasteiger partial charge in [0, 0.05) is 31.2 Å². The van der Waals surface area contributed by atoms with Crippen LogP contribution in [0.5, 0.6) is 0 Å². The van der Waals surface area contributed by atoms with Gasteiger partial charge in [0.05, 0.1) is 37.9 Å². The normalized spacial score (nSPS) is 21.2. The Hall–Kier alpha value is -3.59. The highest BCUT2D eigenvalue weighted by Gasteiger charge is 2.58. The van der Waals surface area contributed by atoms with Crippen LogP contribution in [0.1, 0.15) is 69.5 Å². The third-order valence-electron chi connectivity index (χ3n) is 8.78. The zero-order chi connectivity index (χ0) is 34.3. The van der Waals surface area contributed by atoms with Crippen LogP contribution in [-0.2, 0) is 40.6 Å². The van der Waals surface area contributed by atoms with Crippen molar-refractivity contribution in [2.24, 2.45) is 0 Å². The second-order valence-electron chi connectivity index (χ2n) is 12.3. The van der Waals surface area contributed by atoms with Crippen LogP contribution < -0.4 is 10.6 Å². The van der Waals surface area contributed by atoms with Crippen LogP contribution in [0, 0.1) is 5.82 Å². The first-order chi connectivity index (χ1) is 22.1. The summed E-state index contributed by atoms with van der Waals surface area (Å²) in [5, 5.41) is 3.55. The minimum Gasteiger partial charge on any atom is -0.347 e. The first kappa shape index (κ1) is 34.7. The van der Waals surface area contributed by atoms with Crippen molar-refractivity contribution < 1.29 is 45.2 Å². The number of hydrogen-bond donors (Lipinski definition) is 2. The molecule has 0 bridgehead atoms. The summed E-state index contributed by atoms with van der Waals surface area (Å²) >= 11 is 5.84. The largest absolute Gasteiger partial charge is 0.417 e. The van der Waals surface area contributed by atoms with Gasteiger partial charge in [-0.1, -0.05) is 37.1 Å². The molecule has 5 rings (SSSR count). The van der Waals surface area contributed by atoms with E-state index < -0.39 is 97.9 Å². The molecule has 1 aromatic carbocycles. The van der Waals surface area contributed by atoms with Crippen molar-refractivity contribution in [3.63, 3.8) is 0 Å². The Labute approximate surface area is 273 Å². The lowest BCUT2D eigenvalue weighted by atomic mass is 9.98. The molecule has 16 heteroatoms. The van der Waals surface area contributed by atoms with Crippen molar-refractivity contribution >= 4 is 44.9 Å². The quantitative estimate of drug-likeness (QED) is 0.253. The number of nitrogens with zero attached hydrogens (tertiary/aromatic N) is 2. The number of alkyl halides is 3. The Morgan fingerprint density at radius 2 is 1.83 bits per heavy atom. The van der Waals surface area contributed by atoms with Crippen LogP contribution in [0.15, 0.2) is 41.4 Å². The molecule has 1 aromatic heterocycles. The average Bonchev–Trinajstić information content (AvgIpc) is 3.94. The van der Waals surface area contributed by atoms with Crippen molar-refractivity contribution in [3.8, 4) is 0 Å². The van der Waals surface area contributed by atoms with Gasteiger partial charge >= 0.3 is 6.18 Å². The molecule has 3 amide bonds. The van der Waals surface area contributed by atoms with Crippen LogP contribution in [0.2, 0.25) is 5.02 Å². The highest BCUT2D eigenvalue weighted by molar-refractivity contribution is 7.92. The molecule has 0 unspecified atom stereocenters. The van der Waals surface area contributed by atoms with Gasteiger partial charge in [0.15, 0.2) is 9.84 Å². The fraction of sp³-hybridized carbons (Fsp3) is 0.516. The fourth-order valence-corrected chi connectivity index (χ4v) is 8.15. The van der Waals surface area contributed by atoms with Crippen LogP contribution in [0.3, 0.4) is 0 Å². The monoisotopic (exact) mass is 700 g/mol. The standard InChI is InChI=1S/C31H33ClF4N4O6S/c1-2-5-23(26(42)28(43)38-18-8-9-18)39-25(41)14-19-13-20(47(45,46)24-7-4-3-6-21(24)31(34,35)36)16-40(19)29(44)30(10-11-30)27-22(33)12-17(32)15-37-27/h3-4,6-7,12,15,18-20,23H,2,5,8-11,13-14,16H2,1H3,(H,38,43)(H,39,41)/t19-,20+,23-/m0/s1. The molecule has 2 heterocycles. The maximum atomic E-state index is 15.0. The Balaban J connectivity index is 1.43. The van der Waals surface area contributed by atoms with Crippen LogP contribution in [-0.4, -0.2) is 71.7 Å². The number of nitrogens with one attached hydrogen (secondary N) is 2. The van der Waals surface area contributed by atoms with E-state index in [0.29, 0.717) is 12.5 Å². The van der Waals surface area contributed by atoms with Crippen molar-refractivity contribution in [2.45, 2.75) is 98.2 Å². The lowest BCUT2D eigenvalue weighted by molar-refractivity contribution is -0.140. The van der Waals surface area contributed by atoms with Crippen molar-refractivity contribution in [2.75, 3.05) is 6.54 Å². The van der Waals surface area contributed by atoms with Gasteiger partial charge in [0.25, 0.3) is 5.91 Å². The summed E-state index contributed by atoms with van der Waals surface area (Å²) < 4.78 is 83.9. The van der Waals surface area contributed by atoms with E-state index in [1.54, 1.807) is 6.92 Å². The van der Waals surface area contributed by atoms with Gasteiger partial charge in [-0.15, -0.1) is 0 Å². The predicted molar refractivity (Wildman–Crippen MR) is 160 cm³/mol. The minimum atomic E-state index is -4.99. The summed E-state index contributed by atoms with van der Waals surface area (Å²) in [6.07, 6.45) is -2.40. The number of benzene rings is 1. The second kappa shape index (κ2) is 13.1. The predicted octanol–water partition coefficient (Wildman–Crippen LogP) is 3.89. The Bertz CT molecular complexity index is 1700. The van der Waals surface area contributed by atoms with E-state index in [0.717, 1.165) is 48.2 Å². The Morgan fingerprint density at radius 3 is 2.43 bits per heavy atom. The number of pyridine rings is 1. The molecule has 3 atom stereocenters. The topological polar surface area (TPSA) is 143 Å². The number of hydrogen-bond acceptors (Lipinski definition) is 7. The minimum absolute atomic E-state index is 0.0123. The number of carbonyl (C=O) groups is 4. The number of Topliss-reactive ketones (excluding diaryl/α,β-unsaturated/α-hetero) is 1. The fourth-order valence-electron chi connectivity index (χ4n) is 6.06. The van der Waals surface area contributed by atoms with Crippen LogP contribution in [0.4, 0.5) is 17.6 Å². The Morgan fingerprint density at radius 1 is 1.15 bits per heavy atom. The number of rotatable bonds is 12.